The van der Waals surface area contributed by atoms with Crippen molar-refractivity contribution in [3.05, 3.63) is 65.6 Å². The molecule has 1 aromatic carbocycles. The summed E-state index contributed by atoms with van der Waals surface area (Å²) in [6.07, 6.45) is 1.79. The smallest absolute Gasteiger partial charge is 0.355 e. The Bertz CT molecular complexity index is 824. The lowest BCUT2D eigenvalue weighted by Crippen LogP contribution is -2.07. The van der Waals surface area contributed by atoms with Crippen LogP contribution in [-0.4, -0.2) is 22.5 Å². The van der Waals surface area contributed by atoms with Crippen molar-refractivity contribution in [2.75, 3.05) is 7.11 Å². The van der Waals surface area contributed by atoms with Crippen LogP contribution in [0.4, 0.5) is 0 Å². The van der Waals surface area contributed by atoms with Crippen LogP contribution in [0.3, 0.4) is 0 Å². The van der Waals surface area contributed by atoms with Crippen molar-refractivity contribution in [2.45, 2.75) is 13.5 Å². The van der Waals surface area contributed by atoms with Gasteiger partial charge in [0, 0.05) is 6.20 Å². The van der Waals surface area contributed by atoms with Crippen LogP contribution in [0.25, 0.3) is 5.65 Å². The van der Waals surface area contributed by atoms with E-state index in [0.717, 1.165) is 17.0 Å². The second-order valence-electron chi connectivity index (χ2n) is 4.92. The van der Waals surface area contributed by atoms with E-state index >= 15 is 0 Å². The number of hydrogen-bond acceptors (Lipinski definition) is 4. The molecule has 0 atom stereocenters. The van der Waals surface area contributed by atoms with Crippen LogP contribution in [0.2, 0.25) is 0 Å². The summed E-state index contributed by atoms with van der Waals surface area (Å²) in [4.78, 5) is 16.2. The number of methoxy groups -OCH3 is 1. The first-order valence-electron chi connectivity index (χ1n) is 6.93. The lowest BCUT2D eigenvalue weighted by Gasteiger charge is -2.06. The molecule has 0 aliphatic rings. The molecular formula is C17H16N2O3. The van der Waals surface area contributed by atoms with Crippen LogP contribution in [0.1, 0.15) is 21.7 Å². The molecule has 0 saturated heterocycles. The molecule has 2 heterocycles. The fourth-order valence-corrected chi connectivity index (χ4v) is 2.27. The predicted octanol–water partition coefficient (Wildman–Crippen LogP) is 3.01. The Morgan fingerprint density at radius 2 is 2.00 bits per heavy atom. The second kappa shape index (κ2) is 5.89. The van der Waals surface area contributed by atoms with Crippen LogP contribution in [0.5, 0.6) is 5.75 Å². The Labute approximate surface area is 128 Å². The van der Waals surface area contributed by atoms with Gasteiger partial charge in [-0.3, -0.25) is 4.40 Å². The average Bonchev–Trinajstić information content (AvgIpc) is 2.96. The number of fused-ring (bicyclic) bond motifs is 1. The van der Waals surface area contributed by atoms with E-state index in [-0.39, 0.29) is 0 Å². The number of aryl methyl sites for hydroxylation is 1. The zero-order chi connectivity index (χ0) is 15.5. The van der Waals surface area contributed by atoms with Crippen molar-refractivity contribution < 1.29 is 14.3 Å². The van der Waals surface area contributed by atoms with Crippen molar-refractivity contribution in [3.63, 3.8) is 0 Å². The first kappa shape index (κ1) is 14.1. The number of esters is 1. The summed E-state index contributed by atoms with van der Waals surface area (Å²) < 4.78 is 12.3. The summed E-state index contributed by atoms with van der Waals surface area (Å²) in [5, 5.41) is 0. The minimum absolute atomic E-state index is 0.340. The van der Waals surface area contributed by atoms with E-state index in [4.69, 9.17) is 9.47 Å². The third kappa shape index (κ3) is 2.65. The number of para-hydroxylation sites is 1. The quantitative estimate of drug-likeness (QED) is 0.694. The molecule has 5 heteroatoms. The Morgan fingerprint density at radius 3 is 2.77 bits per heavy atom. The van der Waals surface area contributed by atoms with Crippen LogP contribution < -0.4 is 4.74 Å². The molecule has 0 fully saturated rings. The molecule has 0 N–H and O–H groups in total. The summed E-state index contributed by atoms with van der Waals surface area (Å²) in [5.74, 6) is 0.433. The Morgan fingerprint density at radius 1 is 1.18 bits per heavy atom. The summed E-state index contributed by atoms with van der Waals surface area (Å²) in [6.45, 7) is 2.33. The minimum Gasteiger partial charge on any atom is -0.487 e. The van der Waals surface area contributed by atoms with Gasteiger partial charge in [-0.2, -0.15) is 0 Å². The van der Waals surface area contributed by atoms with Crippen LogP contribution in [0.15, 0.2) is 48.7 Å². The molecule has 0 bridgehead atoms. The van der Waals surface area contributed by atoms with Crippen LogP contribution in [0, 0.1) is 6.92 Å². The number of benzene rings is 1. The second-order valence-corrected chi connectivity index (χ2v) is 4.92. The highest BCUT2D eigenvalue weighted by molar-refractivity contribution is 5.88. The number of aromatic nitrogens is 2. The van der Waals surface area contributed by atoms with Crippen molar-refractivity contribution in [2.24, 2.45) is 0 Å². The van der Waals surface area contributed by atoms with E-state index in [1.165, 1.54) is 7.11 Å². The molecule has 112 valence electrons. The number of nitrogens with zero attached hydrogens (tertiary/aromatic N) is 2. The molecule has 0 radical (unpaired) electrons. The molecule has 3 aromatic rings. The number of carbonyl (C=O) groups excluding carboxylic acids is 1. The molecule has 0 aliphatic heterocycles. The van der Waals surface area contributed by atoms with Crippen molar-refractivity contribution in [3.8, 4) is 5.75 Å². The van der Waals surface area contributed by atoms with E-state index < -0.39 is 5.97 Å². The number of rotatable bonds is 4. The molecule has 2 aromatic heterocycles. The molecule has 22 heavy (non-hydrogen) atoms. The van der Waals surface area contributed by atoms with Gasteiger partial charge in [0.15, 0.2) is 0 Å². The number of imidazole rings is 1. The third-order valence-corrected chi connectivity index (χ3v) is 3.41. The van der Waals surface area contributed by atoms with Gasteiger partial charge in [0.05, 0.1) is 12.8 Å². The lowest BCUT2D eigenvalue weighted by molar-refractivity contribution is 0.0592. The first-order valence-corrected chi connectivity index (χ1v) is 6.93. The van der Waals surface area contributed by atoms with Gasteiger partial charge >= 0.3 is 5.97 Å². The van der Waals surface area contributed by atoms with Gasteiger partial charge in [-0.25, -0.2) is 9.78 Å². The minimum atomic E-state index is -0.394. The van der Waals surface area contributed by atoms with Gasteiger partial charge < -0.3 is 9.47 Å². The van der Waals surface area contributed by atoms with Gasteiger partial charge in [-0.05, 0) is 30.7 Å². The largest absolute Gasteiger partial charge is 0.487 e. The SMILES string of the molecule is COC(=O)c1cccc2nc(COc3ccccc3C)cn12. The van der Waals surface area contributed by atoms with Gasteiger partial charge in [-0.1, -0.05) is 24.3 Å². The topological polar surface area (TPSA) is 52.8 Å². The lowest BCUT2D eigenvalue weighted by atomic mass is 10.2. The Balaban J connectivity index is 1.86. The molecule has 3 rings (SSSR count). The Hall–Kier alpha value is -2.82. The maximum Gasteiger partial charge on any atom is 0.355 e. The normalized spacial score (nSPS) is 10.6. The standard InChI is InChI=1S/C17H16N2O3/c1-12-6-3-4-8-15(12)22-11-13-10-19-14(17(20)21-2)7-5-9-16(19)18-13/h3-10H,11H2,1-2H3. The van der Waals surface area contributed by atoms with Crippen molar-refractivity contribution >= 4 is 11.6 Å². The number of carbonyl (C=O) groups is 1. The maximum atomic E-state index is 11.8. The molecule has 0 unspecified atom stereocenters. The molecule has 5 nitrogen and oxygen atoms in total. The number of ether oxygens (including phenoxy) is 2. The van der Waals surface area contributed by atoms with E-state index in [1.807, 2.05) is 37.3 Å². The van der Waals surface area contributed by atoms with Gasteiger partial charge in [0.2, 0.25) is 0 Å². The molecule has 0 spiro atoms. The highest BCUT2D eigenvalue weighted by Gasteiger charge is 2.12. The molecule has 0 aliphatic carbocycles. The van der Waals surface area contributed by atoms with E-state index in [2.05, 4.69) is 4.98 Å². The highest BCUT2D eigenvalue weighted by Crippen LogP contribution is 2.18. The van der Waals surface area contributed by atoms with Gasteiger partial charge in [0.25, 0.3) is 0 Å². The summed E-state index contributed by atoms with van der Waals surface area (Å²) >= 11 is 0. The predicted molar refractivity (Wildman–Crippen MR) is 82.0 cm³/mol. The van der Waals surface area contributed by atoms with E-state index in [1.54, 1.807) is 22.7 Å². The zero-order valence-corrected chi connectivity index (χ0v) is 12.4. The van der Waals surface area contributed by atoms with Crippen LogP contribution in [-0.2, 0) is 11.3 Å². The van der Waals surface area contributed by atoms with Crippen molar-refractivity contribution in [1.29, 1.82) is 0 Å². The fourth-order valence-electron chi connectivity index (χ4n) is 2.27. The molecule has 0 amide bonds. The monoisotopic (exact) mass is 296 g/mol. The molecular weight excluding hydrogens is 280 g/mol. The van der Waals surface area contributed by atoms with E-state index in [0.29, 0.717) is 17.9 Å². The molecule has 0 saturated carbocycles. The van der Waals surface area contributed by atoms with Gasteiger partial charge in [-0.15, -0.1) is 0 Å². The summed E-state index contributed by atoms with van der Waals surface area (Å²) in [7, 11) is 1.36. The summed E-state index contributed by atoms with van der Waals surface area (Å²) in [6, 6.07) is 13.1. The highest BCUT2D eigenvalue weighted by atomic mass is 16.5. The number of hydrogen-bond donors (Lipinski definition) is 0. The van der Waals surface area contributed by atoms with Crippen LogP contribution >= 0.6 is 0 Å². The fraction of sp³-hybridized carbons (Fsp3) is 0.176. The zero-order valence-electron chi connectivity index (χ0n) is 12.4. The van der Waals surface area contributed by atoms with Gasteiger partial charge in [0.1, 0.15) is 23.7 Å². The summed E-state index contributed by atoms with van der Waals surface area (Å²) in [5.41, 5.74) is 2.95. The average molecular weight is 296 g/mol. The maximum absolute atomic E-state index is 11.8. The Kier molecular flexibility index (Phi) is 3.78. The third-order valence-electron chi connectivity index (χ3n) is 3.41. The first-order chi connectivity index (χ1) is 10.7. The van der Waals surface area contributed by atoms with E-state index in [9.17, 15) is 4.79 Å². The van der Waals surface area contributed by atoms with Crippen molar-refractivity contribution in [1.82, 2.24) is 9.38 Å². The number of pyridine rings is 1.